The molecule has 1 saturated carbocycles. The molecule has 32 heavy (non-hydrogen) atoms. The fraction of sp³-hybridized carbons (Fsp3) is 0.696. The number of halogens is 2. The van der Waals surface area contributed by atoms with E-state index < -0.39 is 13.0 Å². The Balaban J connectivity index is 1.14. The molecule has 0 spiro atoms. The minimum absolute atomic E-state index is 0.244. The van der Waals surface area contributed by atoms with Gasteiger partial charge in [0, 0.05) is 30.5 Å². The summed E-state index contributed by atoms with van der Waals surface area (Å²) in [5, 5.41) is 4.21. The van der Waals surface area contributed by atoms with E-state index in [1.165, 1.54) is 24.2 Å². The van der Waals surface area contributed by atoms with Gasteiger partial charge in [-0.1, -0.05) is 29.3 Å². The maximum absolute atomic E-state index is 12.3. The lowest BCUT2D eigenvalue weighted by atomic mass is 9.78. The maximum atomic E-state index is 12.3. The molecule has 3 heterocycles. The second-order valence-corrected chi connectivity index (χ2v) is 10.2. The summed E-state index contributed by atoms with van der Waals surface area (Å²) in [7, 11) is 0. The van der Waals surface area contributed by atoms with Crippen molar-refractivity contribution >= 4 is 17.1 Å². The summed E-state index contributed by atoms with van der Waals surface area (Å²) < 4.78 is 34.9. The number of carbonyl (C=O) groups is 1. The fourth-order valence-electron chi connectivity index (χ4n) is 4.79. The molecule has 9 heteroatoms. The summed E-state index contributed by atoms with van der Waals surface area (Å²) in [5.41, 5.74) is 1.79. The number of hydrogen-bond donors (Lipinski definition) is 0. The molecule has 0 N–H and O–H groups in total. The van der Waals surface area contributed by atoms with Gasteiger partial charge in [-0.3, -0.25) is 9.69 Å². The van der Waals surface area contributed by atoms with E-state index in [0.29, 0.717) is 35.6 Å². The molecule has 1 aliphatic heterocycles. The first kappa shape index (κ1) is 23.3. The molecule has 0 amide bonds. The van der Waals surface area contributed by atoms with Gasteiger partial charge in [0.15, 0.2) is 6.61 Å². The van der Waals surface area contributed by atoms with Crippen LogP contribution in [0.5, 0.6) is 5.19 Å². The van der Waals surface area contributed by atoms with Crippen molar-refractivity contribution in [3.8, 4) is 5.19 Å². The van der Waals surface area contributed by atoms with Crippen LogP contribution in [0.25, 0.3) is 0 Å². The molecule has 2 aromatic heterocycles. The number of rotatable bonds is 10. The molecule has 2 aromatic rings. The summed E-state index contributed by atoms with van der Waals surface area (Å²) in [6, 6.07) is 1.83. The van der Waals surface area contributed by atoms with Crippen LogP contribution >= 0.6 is 11.3 Å². The number of carbonyl (C=O) groups excluding carboxylic acids is 1. The fourth-order valence-corrected chi connectivity index (χ4v) is 5.71. The van der Waals surface area contributed by atoms with E-state index in [1.807, 2.05) is 13.0 Å². The Kier molecular flexibility index (Phi) is 7.88. The molecule has 0 unspecified atom stereocenters. The van der Waals surface area contributed by atoms with Gasteiger partial charge in [0.05, 0.1) is 17.8 Å². The zero-order valence-corrected chi connectivity index (χ0v) is 19.3. The van der Waals surface area contributed by atoms with Gasteiger partial charge in [-0.15, -0.1) is 0 Å². The summed E-state index contributed by atoms with van der Waals surface area (Å²) in [6.07, 6.45) is 5.18. The van der Waals surface area contributed by atoms with Crippen LogP contribution in [0.15, 0.2) is 10.6 Å². The van der Waals surface area contributed by atoms with Gasteiger partial charge >= 0.3 is 0 Å². The Hall–Kier alpha value is -1.87. The van der Waals surface area contributed by atoms with Crippen molar-refractivity contribution in [1.29, 1.82) is 0 Å². The van der Waals surface area contributed by atoms with Crippen LogP contribution in [0.1, 0.15) is 60.6 Å². The second-order valence-electron chi connectivity index (χ2n) is 9.11. The topological polar surface area (TPSA) is 68.5 Å². The smallest absolute Gasteiger partial charge is 0.273 e. The third-order valence-corrected chi connectivity index (χ3v) is 7.57. The molecule has 6 nitrogen and oxygen atoms in total. The summed E-state index contributed by atoms with van der Waals surface area (Å²) >= 11 is 1.40. The zero-order valence-electron chi connectivity index (χ0n) is 18.5. The quantitative estimate of drug-likeness (QED) is 0.498. The highest BCUT2D eigenvalue weighted by Gasteiger charge is 2.26. The Bertz CT molecular complexity index is 893. The number of ketones is 1. The Labute approximate surface area is 191 Å². The predicted molar refractivity (Wildman–Crippen MR) is 117 cm³/mol. The van der Waals surface area contributed by atoms with E-state index in [4.69, 9.17) is 9.26 Å². The number of nitrogens with zero attached hydrogens (tertiary/aromatic N) is 3. The third-order valence-electron chi connectivity index (χ3n) is 6.50. The average Bonchev–Trinajstić information content (AvgIpc) is 3.36. The highest BCUT2D eigenvalue weighted by atomic mass is 32.1. The van der Waals surface area contributed by atoms with Crippen molar-refractivity contribution in [2.75, 3.05) is 19.7 Å². The first-order valence-electron chi connectivity index (χ1n) is 11.5. The van der Waals surface area contributed by atoms with Crippen LogP contribution in [0.2, 0.25) is 0 Å². The number of ether oxygens (including phenoxy) is 1. The van der Waals surface area contributed by atoms with Crippen LogP contribution in [0.4, 0.5) is 8.78 Å². The van der Waals surface area contributed by atoms with Crippen molar-refractivity contribution in [2.24, 2.45) is 11.8 Å². The van der Waals surface area contributed by atoms with E-state index in [9.17, 15) is 13.6 Å². The van der Waals surface area contributed by atoms with E-state index in [0.717, 1.165) is 61.6 Å². The highest BCUT2D eigenvalue weighted by Crippen LogP contribution is 2.34. The SMILES string of the molecule is Cc1cc(CC(=O)CC2CCC(CCN3CCc4sc(OCC(F)F)nc4C3)CC2)on1. The molecule has 0 bridgehead atoms. The first-order chi connectivity index (χ1) is 15.4. The summed E-state index contributed by atoms with van der Waals surface area (Å²) in [6.45, 7) is 4.05. The minimum Gasteiger partial charge on any atom is -0.464 e. The van der Waals surface area contributed by atoms with Gasteiger partial charge in [-0.05, 0) is 51.0 Å². The number of aromatic nitrogens is 2. The molecule has 0 aromatic carbocycles. The lowest BCUT2D eigenvalue weighted by Crippen LogP contribution is -2.32. The van der Waals surface area contributed by atoms with Crippen LogP contribution in [-0.4, -0.2) is 46.9 Å². The number of Topliss-reactive ketones (excluding diaryl/α,β-unsaturated/α-hetero) is 1. The standard InChI is InChI=1S/C23H31F2N3O3S/c1-15-10-19(31-27-15)12-18(29)11-17-4-2-16(3-5-17)6-8-28-9-7-21-20(13-28)26-23(32-21)30-14-22(24)25/h10,16-17,22H,2-9,11-14H2,1H3. The number of hydrogen-bond acceptors (Lipinski definition) is 7. The molecule has 0 saturated heterocycles. The van der Waals surface area contributed by atoms with Gasteiger partial charge in [0.2, 0.25) is 0 Å². The summed E-state index contributed by atoms with van der Waals surface area (Å²) in [4.78, 5) is 20.3. The van der Waals surface area contributed by atoms with Crippen LogP contribution in [0, 0.1) is 18.8 Å². The molecule has 0 atom stereocenters. The number of thiazole rings is 1. The molecule has 2 aliphatic rings. The number of fused-ring (bicyclic) bond motifs is 1. The second kappa shape index (κ2) is 10.8. The molecular formula is C23H31F2N3O3S. The molecule has 1 aliphatic carbocycles. The first-order valence-corrected chi connectivity index (χ1v) is 12.3. The highest BCUT2D eigenvalue weighted by molar-refractivity contribution is 7.13. The normalized spacial score (nSPS) is 21.6. The Morgan fingerprint density at radius 3 is 2.81 bits per heavy atom. The lowest BCUT2D eigenvalue weighted by molar-refractivity contribution is -0.119. The Morgan fingerprint density at radius 2 is 2.09 bits per heavy atom. The van der Waals surface area contributed by atoms with E-state index in [-0.39, 0.29) is 5.78 Å². The maximum Gasteiger partial charge on any atom is 0.273 e. The molecular weight excluding hydrogens is 436 g/mol. The lowest BCUT2D eigenvalue weighted by Gasteiger charge is -2.31. The molecule has 1 fully saturated rings. The van der Waals surface area contributed by atoms with Gasteiger partial charge < -0.3 is 9.26 Å². The molecule has 176 valence electrons. The van der Waals surface area contributed by atoms with Crippen LogP contribution < -0.4 is 4.74 Å². The van der Waals surface area contributed by atoms with Crippen molar-refractivity contribution in [2.45, 2.75) is 71.3 Å². The van der Waals surface area contributed by atoms with E-state index in [2.05, 4.69) is 15.0 Å². The number of alkyl halides is 2. The van der Waals surface area contributed by atoms with Crippen molar-refractivity contribution in [1.82, 2.24) is 15.0 Å². The predicted octanol–water partition coefficient (Wildman–Crippen LogP) is 4.84. The average molecular weight is 468 g/mol. The van der Waals surface area contributed by atoms with E-state index >= 15 is 0 Å². The zero-order chi connectivity index (χ0) is 22.5. The Morgan fingerprint density at radius 1 is 1.31 bits per heavy atom. The van der Waals surface area contributed by atoms with Gasteiger partial charge in [-0.2, -0.15) is 0 Å². The number of aryl methyl sites for hydroxylation is 1. The molecule has 4 rings (SSSR count). The van der Waals surface area contributed by atoms with Crippen LogP contribution in [0.3, 0.4) is 0 Å². The van der Waals surface area contributed by atoms with Gasteiger partial charge in [-0.25, -0.2) is 13.8 Å². The van der Waals surface area contributed by atoms with Crippen molar-refractivity contribution in [3.63, 3.8) is 0 Å². The van der Waals surface area contributed by atoms with Crippen molar-refractivity contribution < 1.29 is 22.8 Å². The molecule has 0 radical (unpaired) electrons. The third kappa shape index (κ3) is 6.57. The largest absolute Gasteiger partial charge is 0.464 e. The van der Waals surface area contributed by atoms with Gasteiger partial charge in [0.1, 0.15) is 11.5 Å². The minimum atomic E-state index is -2.47. The van der Waals surface area contributed by atoms with Gasteiger partial charge in [0.25, 0.3) is 11.6 Å². The summed E-state index contributed by atoms with van der Waals surface area (Å²) in [5.74, 6) is 2.11. The van der Waals surface area contributed by atoms with E-state index in [1.54, 1.807) is 0 Å². The monoisotopic (exact) mass is 467 g/mol. The van der Waals surface area contributed by atoms with Crippen molar-refractivity contribution in [3.05, 3.63) is 28.1 Å². The van der Waals surface area contributed by atoms with Crippen LogP contribution in [-0.2, 0) is 24.2 Å².